The number of ether oxygens (including phenoxy) is 2. The van der Waals surface area contributed by atoms with Crippen molar-refractivity contribution in [3.8, 4) is 11.5 Å². The van der Waals surface area contributed by atoms with Gasteiger partial charge in [-0.3, -0.25) is 9.36 Å². The van der Waals surface area contributed by atoms with Gasteiger partial charge in [0, 0.05) is 23.4 Å². The molecule has 2 aromatic carbocycles. The Labute approximate surface area is 167 Å². The van der Waals surface area contributed by atoms with E-state index in [0.717, 1.165) is 31.2 Å². The minimum absolute atomic E-state index is 0.101. The SMILES string of the molecule is O=C(Nc1ccc2c(c1)OCCO2)c1ccc2c(c1)[nH]c(=O)n2C1CCCCC1. The summed E-state index contributed by atoms with van der Waals surface area (Å²) in [5.74, 6) is 1.06. The molecule has 0 saturated heterocycles. The van der Waals surface area contributed by atoms with Gasteiger partial charge in [-0.05, 0) is 43.2 Å². The van der Waals surface area contributed by atoms with Crippen molar-refractivity contribution in [3.05, 3.63) is 52.4 Å². The number of aromatic nitrogens is 2. The van der Waals surface area contributed by atoms with Gasteiger partial charge in [0.15, 0.2) is 11.5 Å². The molecule has 150 valence electrons. The third-order valence-corrected chi connectivity index (χ3v) is 5.72. The van der Waals surface area contributed by atoms with Crippen LogP contribution in [-0.4, -0.2) is 28.7 Å². The maximum atomic E-state index is 12.7. The van der Waals surface area contributed by atoms with Crippen LogP contribution >= 0.6 is 0 Å². The van der Waals surface area contributed by atoms with Crippen LogP contribution in [0.25, 0.3) is 11.0 Å². The molecular formula is C22H23N3O4. The van der Waals surface area contributed by atoms with Gasteiger partial charge >= 0.3 is 5.69 Å². The number of carbonyl (C=O) groups excluding carboxylic acids is 1. The largest absolute Gasteiger partial charge is 0.486 e. The van der Waals surface area contributed by atoms with Crippen LogP contribution in [0.5, 0.6) is 11.5 Å². The zero-order valence-electron chi connectivity index (χ0n) is 16.1. The Balaban J connectivity index is 1.40. The van der Waals surface area contributed by atoms with E-state index in [1.807, 2.05) is 10.6 Å². The van der Waals surface area contributed by atoms with Crippen LogP contribution in [0.3, 0.4) is 0 Å². The number of amides is 1. The quantitative estimate of drug-likeness (QED) is 0.708. The van der Waals surface area contributed by atoms with Gasteiger partial charge in [0.05, 0.1) is 11.0 Å². The minimum atomic E-state index is -0.241. The fourth-order valence-corrected chi connectivity index (χ4v) is 4.30. The molecule has 0 spiro atoms. The molecule has 3 aromatic rings. The van der Waals surface area contributed by atoms with Crippen LogP contribution in [0.15, 0.2) is 41.2 Å². The molecule has 2 heterocycles. The fraction of sp³-hybridized carbons (Fsp3) is 0.364. The standard InChI is InChI=1S/C22H23N3O4/c26-21(23-15-7-9-19-20(13-15)29-11-10-28-19)14-6-8-18-17(12-14)24-22(27)25(18)16-4-2-1-3-5-16/h6-9,12-13,16H,1-5,10-11H2,(H,23,26)(H,24,27). The predicted octanol–water partition coefficient (Wildman–Crippen LogP) is 3.86. The molecular weight excluding hydrogens is 370 g/mol. The van der Waals surface area contributed by atoms with Crippen molar-refractivity contribution >= 4 is 22.6 Å². The summed E-state index contributed by atoms with van der Waals surface area (Å²) < 4.78 is 12.9. The number of hydrogen-bond acceptors (Lipinski definition) is 4. The number of benzene rings is 2. The smallest absolute Gasteiger partial charge is 0.326 e. The Bertz CT molecular complexity index is 1120. The van der Waals surface area contributed by atoms with E-state index < -0.39 is 0 Å². The number of fused-ring (bicyclic) bond motifs is 2. The molecule has 7 heteroatoms. The molecule has 1 amide bonds. The first-order valence-corrected chi connectivity index (χ1v) is 10.1. The topological polar surface area (TPSA) is 85.3 Å². The highest BCUT2D eigenvalue weighted by atomic mass is 16.6. The number of nitrogens with one attached hydrogen (secondary N) is 2. The second-order valence-electron chi connectivity index (χ2n) is 7.64. The molecule has 1 aliphatic carbocycles. The summed E-state index contributed by atoms with van der Waals surface area (Å²) in [6.07, 6.45) is 5.59. The van der Waals surface area contributed by atoms with Crippen LogP contribution in [0.2, 0.25) is 0 Å². The number of imidazole rings is 1. The number of hydrogen-bond donors (Lipinski definition) is 2. The first kappa shape index (κ1) is 17.8. The highest BCUT2D eigenvalue weighted by Gasteiger charge is 2.20. The lowest BCUT2D eigenvalue weighted by molar-refractivity contribution is 0.102. The molecule has 1 aliphatic heterocycles. The van der Waals surface area contributed by atoms with Crippen molar-refractivity contribution in [3.63, 3.8) is 0 Å². The maximum Gasteiger partial charge on any atom is 0.326 e. The van der Waals surface area contributed by atoms with E-state index in [0.29, 0.717) is 41.5 Å². The Hall–Kier alpha value is -3.22. The fourth-order valence-electron chi connectivity index (χ4n) is 4.30. The summed E-state index contributed by atoms with van der Waals surface area (Å²) >= 11 is 0. The van der Waals surface area contributed by atoms with Crippen molar-refractivity contribution in [2.24, 2.45) is 0 Å². The number of nitrogens with zero attached hydrogens (tertiary/aromatic N) is 1. The summed E-state index contributed by atoms with van der Waals surface area (Å²) in [6, 6.07) is 10.9. The first-order chi connectivity index (χ1) is 14.2. The average Bonchev–Trinajstić information content (AvgIpc) is 3.09. The van der Waals surface area contributed by atoms with Gasteiger partial charge in [0.2, 0.25) is 0 Å². The number of rotatable bonds is 3. The summed E-state index contributed by atoms with van der Waals surface area (Å²) in [7, 11) is 0. The molecule has 0 atom stereocenters. The number of carbonyl (C=O) groups is 1. The molecule has 0 radical (unpaired) electrons. The van der Waals surface area contributed by atoms with Gasteiger partial charge in [-0.2, -0.15) is 0 Å². The van der Waals surface area contributed by atoms with Crippen LogP contribution in [-0.2, 0) is 0 Å². The van der Waals surface area contributed by atoms with Gasteiger partial charge in [-0.25, -0.2) is 4.79 Å². The Morgan fingerprint density at radius 3 is 2.62 bits per heavy atom. The molecule has 1 aromatic heterocycles. The number of H-pyrrole nitrogens is 1. The van der Waals surface area contributed by atoms with E-state index in [-0.39, 0.29) is 17.6 Å². The van der Waals surface area contributed by atoms with E-state index in [1.165, 1.54) is 6.42 Å². The van der Waals surface area contributed by atoms with E-state index in [2.05, 4.69) is 10.3 Å². The molecule has 7 nitrogen and oxygen atoms in total. The summed E-state index contributed by atoms with van der Waals surface area (Å²) in [4.78, 5) is 28.2. The van der Waals surface area contributed by atoms with Crippen LogP contribution < -0.4 is 20.5 Å². The number of aromatic amines is 1. The zero-order valence-corrected chi connectivity index (χ0v) is 16.1. The molecule has 2 aliphatic rings. The van der Waals surface area contributed by atoms with Gasteiger partial charge in [-0.1, -0.05) is 19.3 Å². The molecule has 5 rings (SSSR count). The van der Waals surface area contributed by atoms with Crippen molar-refractivity contribution in [2.45, 2.75) is 38.1 Å². The highest BCUT2D eigenvalue weighted by Crippen LogP contribution is 2.33. The molecule has 29 heavy (non-hydrogen) atoms. The zero-order chi connectivity index (χ0) is 19.8. The Kier molecular flexibility index (Phi) is 4.50. The second-order valence-corrected chi connectivity index (χ2v) is 7.64. The van der Waals surface area contributed by atoms with Crippen molar-refractivity contribution in [2.75, 3.05) is 18.5 Å². The minimum Gasteiger partial charge on any atom is -0.486 e. The lowest BCUT2D eigenvalue weighted by Gasteiger charge is -2.22. The van der Waals surface area contributed by atoms with E-state index in [4.69, 9.17) is 9.47 Å². The van der Waals surface area contributed by atoms with Gasteiger partial charge in [-0.15, -0.1) is 0 Å². The second kappa shape index (κ2) is 7.31. The average molecular weight is 393 g/mol. The number of anilines is 1. The Morgan fingerprint density at radius 1 is 1.00 bits per heavy atom. The lowest BCUT2D eigenvalue weighted by Crippen LogP contribution is -2.23. The normalized spacial score (nSPS) is 16.7. The molecule has 1 fully saturated rings. The monoisotopic (exact) mass is 393 g/mol. The first-order valence-electron chi connectivity index (χ1n) is 10.1. The molecule has 0 bridgehead atoms. The van der Waals surface area contributed by atoms with Crippen LogP contribution in [0.1, 0.15) is 48.5 Å². The van der Waals surface area contributed by atoms with Crippen molar-refractivity contribution < 1.29 is 14.3 Å². The van der Waals surface area contributed by atoms with E-state index in [9.17, 15) is 9.59 Å². The summed E-state index contributed by atoms with van der Waals surface area (Å²) in [5.41, 5.74) is 2.57. The Morgan fingerprint density at radius 2 is 1.79 bits per heavy atom. The van der Waals surface area contributed by atoms with Crippen LogP contribution in [0.4, 0.5) is 5.69 Å². The predicted molar refractivity (Wildman–Crippen MR) is 110 cm³/mol. The third kappa shape index (κ3) is 3.37. The van der Waals surface area contributed by atoms with Gasteiger partial charge < -0.3 is 19.8 Å². The third-order valence-electron chi connectivity index (χ3n) is 5.72. The highest BCUT2D eigenvalue weighted by molar-refractivity contribution is 6.06. The molecule has 2 N–H and O–H groups in total. The van der Waals surface area contributed by atoms with E-state index >= 15 is 0 Å². The van der Waals surface area contributed by atoms with Crippen molar-refractivity contribution in [1.29, 1.82) is 0 Å². The van der Waals surface area contributed by atoms with E-state index in [1.54, 1.807) is 30.3 Å². The maximum absolute atomic E-state index is 12.7. The summed E-state index contributed by atoms with van der Waals surface area (Å²) in [5, 5.41) is 2.88. The molecule has 1 saturated carbocycles. The van der Waals surface area contributed by atoms with Gasteiger partial charge in [0.25, 0.3) is 5.91 Å². The lowest BCUT2D eigenvalue weighted by atomic mass is 9.95. The molecule has 0 unspecified atom stereocenters. The van der Waals surface area contributed by atoms with Gasteiger partial charge in [0.1, 0.15) is 13.2 Å². The van der Waals surface area contributed by atoms with Crippen molar-refractivity contribution in [1.82, 2.24) is 9.55 Å². The van der Waals surface area contributed by atoms with Crippen LogP contribution in [0, 0.1) is 0 Å². The summed E-state index contributed by atoms with van der Waals surface area (Å²) in [6.45, 7) is 1.02.